The van der Waals surface area contributed by atoms with Gasteiger partial charge in [-0.1, -0.05) is 49.1 Å². The van der Waals surface area contributed by atoms with Crippen LogP contribution in [0.5, 0.6) is 5.75 Å². The number of anilines is 1. The molecule has 1 aromatic carbocycles. The minimum absolute atomic E-state index is 0.0737. The second kappa shape index (κ2) is 13.5. The maximum absolute atomic E-state index is 13.6. The molecule has 8 heteroatoms. The lowest BCUT2D eigenvalue weighted by molar-refractivity contribution is -0.132. The van der Waals surface area contributed by atoms with Crippen LogP contribution >= 0.6 is 11.6 Å². The average Bonchev–Trinajstić information content (AvgIpc) is 2.88. The zero-order valence-corrected chi connectivity index (χ0v) is 23.9. The summed E-state index contributed by atoms with van der Waals surface area (Å²) in [5.41, 5.74) is 2.50. The Hall–Kier alpha value is -3.55. The highest BCUT2D eigenvalue weighted by molar-refractivity contribution is 6.33. The molecule has 1 saturated heterocycles. The van der Waals surface area contributed by atoms with Crippen molar-refractivity contribution >= 4 is 34.7 Å². The van der Waals surface area contributed by atoms with Gasteiger partial charge in [0.25, 0.3) is 5.91 Å². The van der Waals surface area contributed by atoms with Gasteiger partial charge in [-0.05, 0) is 69.4 Å². The van der Waals surface area contributed by atoms with E-state index < -0.39 is 6.10 Å². The zero-order valence-electron chi connectivity index (χ0n) is 23.2. The Kier molecular flexibility index (Phi) is 10.4. The Morgan fingerprint density at radius 3 is 2.59 bits per heavy atom. The van der Waals surface area contributed by atoms with Crippen molar-refractivity contribution in [3.63, 3.8) is 0 Å². The summed E-state index contributed by atoms with van der Waals surface area (Å²) in [7, 11) is 3.90. The molecule has 1 N–H and O–H groups in total. The monoisotopic (exact) mass is 551 g/mol. The molecule has 1 fully saturated rings. The second-order valence-electron chi connectivity index (χ2n) is 9.94. The number of fused-ring (bicyclic) bond motifs is 1. The Balaban J connectivity index is 2.02. The first-order valence-corrected chi connectivity index (χ1v) is 13.4. The van der Waals surface area contributed by atoms with Crippen molar-refractivity contribution in [2.75, 3.05) is 45.2 Å². The molecule has 1 unspecified atom stereocenters. The molecule has 0 saturated carbocycles. The first-order valence-electron chi connectivity index (χ1n) is 13.0. The van der Waals surface area contributed by atoms with Gasteiger partial charge in [-0.15, -0.1) is 0 Å². The van der Waals surface area contributed by atoms with Crippen molar-refractivity contribution < 1.29 is 19.4 Å². The van der Waals surface area contributed by atoms with Gasteiger partial charge in [0.1, 0.15) is 11.5 Å². The fourth-order valence-corrected chi connectivity index (χ4v) is 4.76. The molecule has 0 spiro atoms. The van der Waals surface area contributed by atoms with Crippen molar-refractivity contribution in [3.05, 3.63) is 89.7 Å². The van der Waals surface area contributed by atoms with E-state index >= 15 is 0 Å². The molecular formula is C31H38ClN3O4. The number of rotatable bonds is 11. The maximum Gasteiger partial charge on any atom is 0.268 e. The summed E-state index contributed by atoms with van der Waals surface area (Å²) in [5, 5.41) is 10.7. The molecule has 2 amide bonds. The number of amides is 2. The highest BCUT2D eigenvalue weighted by Crippen LogP contribution is 2.43. The summed E-state index contributed by atoms with van der Waals surface area (Å²) in [6.07, 6.45) is 11.9. The van der Waals surface area contributed by atoms with Crippen molar-refractivity contribution in [1.82, 2.24) is 9.80 Å². The molecule has 1 aromatic rings. The number of nitrogens with zero attached hydrogens (tertiary/aromatic N) is 3. The molecule has 0 aliphatic carbocycles. The van der Waals surface area contributed by atoms with Gasteiger partial charge < -0.3 is 24.5 Å². The van der Waals surface area contributed by atoms with Crippen LogP contribution in [-0.2, 0) is 9.59 Å². The van der Waals surface area contributed by atoms with Crippen LogP contribution in [0.15, 0.2) is 79.2 Å². The van der Waals surface area contributed by atoms with E-state index in [1.54, 1.807) is 34.9 Å². The van der Waals surface area contributed by atoms with Gasteiger partial charge in [0.2, 0.25) is 5.91 Å². The number of benzene rings is 1. The van der Waals surface area contributed by atoms with E-state index in [1.807, 2.05) is 56.3 Å². The van der Waals surface area contributed by atoms with Crippen molar-refractivity contribution in [2.24, 2.45) is 5.92 Å². The number of carbonyl (C=O) groups excluding carboxylic acids is 2. The minimum atomic E-state index is -0.658. The highest BCUT2D eigenvalue weighted by Gasteiger charge is 2.39. The normalized spacial score (nSPS) is 18.5. The molecule has 0 aromatic heterocycles. The van der Waals surface area contributed by atoms with Crippen LogP contribution in [0.2, 0.25) is 5.02 Å². The highest BCUT2D eigenvalue weighted by atomic mass is 35.5. The molecule has 3 rings (SSSR count). The lowest BCUT2D eigenvalue weighted by Crippen LogP contribution is -2.56. The molecule has 0 radical (unpaired) electrons. The molecule has 7 nitrogen and oxygen atoms in total. The van der Waals surface area contributed by atoms with Gasteiger partial charge in [-0.3, -0.25) is 9.59 Å². The number of hydrogen-bond acceptors (Lipinski definition) is 5. The predicted molar refractivity (Wildman–Crippen MR) is 159 cm³/mol. The standard InChI is InChI=1S/C31H38ClN3O4/c1-7-10-11-12-21(4)24(15-23(36)8-2)25-16-29-27(17-26(25)32)35(20-22-18-34(19-22)30(37)9-3)31(38)28(39-29)13-14-33(5)6/h7-12,15-17,22,28,36H,3-4,13-14,18-20H2,1-2,5-6H3/b10-7-,12-11-,23-8+,24-15+. The molecule has 2 aliphatic rings. The maximum atomic E-state index is 13.6. The van der Waals surface area contributed by atoms with Gasteiger partial charge >= 0.3 is 0 Å². The Morgan fingerprint density at radius 1 is 1.26 bits per heavy atom. The van der Waals surface area contributed by atoms with Gasteiger partial charge in [0.05, 0.1) is 10.7 Å². The average molecular weight is 552 g/mol. The minimum Gasteiger partial charge on any atom is -0.508 e. The number of likely N-dealkylation sites (tertiary alicyclic amines) is 1. The number of aliphatic hydroxyl groups excluding tert-OH is 1. The number of allylic oxidation sites excluding steroid dienone is 8. The van der Waals surface area contributed by atoms with Gasteiger partial charge in [0, 0.05) is 44.1 Å². The molecule has 208 valence electrons. The quantitative estimate of drug-likeness (QED) is 0.221. The fourth-order valence-electron chi connectivity index (χ4n) is 4.50. The largest absolute Gasteiger partial charge is 0.508 e. The summed E-state index contributed by atoms with van der Waals surface area (Å²) < 4.78 is 6.27. The molecular weight excluding hydrogens is 514 g/mol. The lowest BCUT2D eigenvalue weighted by Gasteiger charge is -2.43. The Bertz CT molecular complexity index is 1240. The van der Waals surface area contributed by atoms with Crippen LogP contribution in [0, 0.1) is 5.92 Å². The molecule has 1 atom stereocenters. The Labute approximate surface area is 236 Å². The van der Waals surface area contributed by atoms with E-state index in [0.29, 0.717) is 65.8 Å². The van der Waals surface area contributed by atoms with E-state index in [9.17, 15) is 14.7 Å². The summed E-state index contributed by atoms with van der Waals surface area (Å²) in [5.74, 6) is 0.513. The second-order valence-corrected chi connectivity index (χ2v) is 10.3. The van der Waals surface area contributed by atoms with Crippen LogP contribution < -0.4 is 9.64 Å². The van der Waals surface area contributed by atoms with Crippen LogP contribution in [0.25, 0.3) is 5.57 Å². The van der Waals surface area contributed by atoms with Gasteiger partial charge in [-0.2, -0.15) is 0 Å². The van der Waals surface area contributed by atoms with Gasteiger partial charge in [-0.25, -0.2) is 0 Å². The number of halogens is 1. The van der Waals surface area contributed by atoms with Crippen LogP contribution in [0.1, 0.15) is 25.8 Å². The summed E-state index contributed by atoms with van der Waals surface area (Å²) in [6, 6.07) is 3.55. The SMILES string of the molecule is C=CC(=O)N1CC(CN2C(=O)C(CCN(C)C)Oc3cc(/C(=C/C(O)=C\C)C(=C)/C=C\C=C/C)c(Cl)cc32)C1. The first-order chi connectivity index (χ1) is 18.6. The van der Waals surface area contributed by atoms with E-state index in [1.165, 1.54) is 6.08 Å². The topological polar surface area (TPSA) is 73.3 Å². The Morgan fingerprint density at radius 2 is 1.97 bits per heavy atom. The molecule has 39 heavy (non-hydrogen) atoms. The van der Waals surface area contributed by atoms with Crippen LogP contribution in [0.3, 0.4) is 0 Å². The molecule has 2 heterocycles. The number of carbonyl (C=O) groups is 2. The van der Waals surface area contributed by atoms with Crippen molar-refractivity contribution in [1.29, 1.82) is 0 Å². The summed E-state index contributed by atoms with van der Waals surface area (Å²) >= 11 is 6.82. The van der Waals surface area contributed by atoms with Crippen LogP contribution in [-0.4, -0.2) is 73.1 Å². The fraction of sp³-hybridized carbons (Fsp3) is 0.355. The third-order valence-corrected chi connectivity index (χ3v) is 7.01. The van der Waals surface area contributed by atoms with E-state index in [4.69, 9.17) is 16.3 Å². The predicted octanol–water partition coefficient (Wildman–Crippen LogP) is 5.56. The number of hydrogen-bond donors (Lipinski definition) is 1. The van der Waals surface area contributed by atoms with Crippen molar-refractivity contribution in [2.45, 2.75) is 26.4 Å². The zero-order chi connectivity index (χ0) is 28.7. The summed E-state index contributed by atoms with van der Waals surface area (Å²) in [4.78, 5) is 31.0. The third-order valence-electron chi connectivity index (χ3n) is 6.70. The first kappa shape index (κ1) is 30.0. The van der Waals surface area contributed by atoms with Crippen LogP contribution in [0.4, 0.5) is 5.69 Å². The van der Waals surface area contributed by atoms with E-state index in [-0.39, 0.29) is 23.5 Å². The third kappa shape index (κ3) is 7.31. The number of aliphatic hydroxyl groups is 1. The molecule has 2 aliphatic heterocycles. The smallest absolute Gasteiger partial charge is 0.268 e. The molecule has 0 bridgehead atoms. The van der Waals surface area contributed by atoms with Gasteiger partial charge in [0.15, 0.2) is 6.10 Å². The van der Waals surface area contributed by atoms with E-state index in [2.05, 4.69) is 13.2 Å². The number of ether oxygens (including phenoxy) is 1. The summed E-state index contributed by atoms with van der Waals surface area (Å²) in [6.45, 7) is 13.6. The van der Waals surface area contributed by atoms with Crippen molar-refractivity contribution in [3.8, 4) is 5.75 Å². The lowest BCUT2D eigenvalue weighted by atomic mass is 9.95. The van der Waals surface area contributed by atoms with E-state index in [0.717, 1.165) is 0 Å².